The molecule has 0 aliphatic rings. The molecule has 229 valence electrons. The van der Waals surface area contributed by atoms with Crippen molar-refractivity contribution in [3.05, 3.63) is 200 Å². The van der Waals surface area contributed by atoms with Crippen molar-refractivity contribution in [3.8, 4) is 0 Å². The van der Waals surface area contributed by atoms with Crippen LogP contribution < -0.4 is 10.4 Å². The molecule has 0 saturated heterocycles. The quantitative estimate of drug-likeness (QED) is 0.122. The molecule has 0 aliphatic heterocycles. The Bertz CT molecular complexity index is 1950. The molecule has 0 N–H and O–H groups in total. The van der Waals surface area contributed by atoms with E-state index < -0.39 is 0 Å². The van der Waals surface area contributed by atoms with Crippen molar-refractivity contribution in [1.82, 2.24) is 0 Å². The van der Waals surface area contributed by atoms with Gasteiger partial charge in [0.15, 0.2) is 0 Å². The van der Waals surface area contributed by atoms with Gasteiger partial charge in [0.05, 0.1) is 0 Å². The van der Waals surface area contributed by atoms with Crippen LogP contribution in [0.3, 0.4) is 0 Å². The van der Waals surface area contributed by atoms with Crippen molar-refractivity contribution in [3.63, 3.8) is 0 Å². The number of rotatable bonds is 2. The van der Waals surface area contributed by atoms with Gasteiger partial charge in [0.1, 0.15) is 9.52 Å². The smallest absolute Gasteiger partial charge is 0.168 e. The van der Waals surface area contributed by atoms with E-state index in [0.29, 0.717) is 0 Å². The van der Waals surface area contributed by atoms with Crippen LogP contribution in [-0.4, -0.2) is 9.52 Å². The zero-order valence-electron chi connectivity index (χ0n) is 25.9. The molecule has 4 heteroatoms. The van der Waals surface area contributed by atoms with E-state index in [2.05, 4.69) is 200 Å². The molecule has 0 nitrogen and oxygen atoms in total. The van der Waals surface area contributed by atoms with Crippen molar-refractivity contribution < 1.29 is 26.2 Å². The molecule has 0 spiro atoms. The summed E-state index contributed by atoms with van der Waals surface area (Å²) in [5.41, 5.74) is 0. The van der Waals surface area contributed by atoms with Crippen LogP contribution in [0.1, 0.15) is 0 Å². The van der Waals surface area contributed by atoms with Crippen molar-refractivity contribution in [2.24, 2.45) is 0 Å². The number of hydrogen-bond acceptors (Lipinski definition) is 0. The molecule has 0 amide bonds. The zero-order valence-corrected chi connectivity index (χ0v) is 31.0. The average molecular weight is 742 g/mol. The van der Waals surface area contributed by atoms with Gasteiger partial charge in [-0.2, -0.15) is 35.0 Å². The van der Waals surface area contributed by atoms with Gasteiger partial charge in [0.2, 0.25) is 0 Å². The van der Waals surface area contributed by atoms with E-state index in [1.165, 1.54) is 53.5 Å². The molecule has 0 bridgehead atoms. The van der Waals surface area contributed by atoms with Crippen molar-refractivity contribution in [2.75, 3.05) is 0 Å². The van der Waals surface area contributed by atoms with E-state index in [4.69, 9.17) is 0 Å². The minimum absolute atomic E-state index is 0. The van der Waals surface area contributed by atoms with Gasteiger partial charge in [-0.3, -0.25) is 0 Å². The molecular weight excluding hydrogens is 707 g/mol. The van der Waals surface area contributed by atoms with Gasteiger partial charge in [-0.1, -0.05) is 120 Å². The van der Waals surface area contributed by atoms with Crippen LogP contribution in [0, 0.1) is 0 Å². The maximum Gasteiger partial charge on any atom is 3.00 e. The first-order valence-corrected chi connectivity index (χ1v) is 15.9. The molecule has 47 heavy (non-hydrogen) atoms. The second-order valence-corrected chi connectivity index (χ2v) is 11.9. The zero-order chi connectivity index (χ0) is 29.8. The standard InChI is InChI=1S/C13H9.C12H10Si.2C9H7.2ClH.Zr/c1-3-7-12-10(5-1)9-11-6-2-4-8-13(11)12;1-3-7-11(8-4-1)13-12-9-5-2-6-10-12;2*1-2-5-9-7-3-6-8(9)4-1;;;/h1-9H;1-10H;2*1-7H;2*1H;/q-1;;2*-1;;;+3. The third-order valence-electron chi connectivity index (χ3n) is 7.45. The van der Waals surface area contributed by atoms with E-state index >= 15 is 0 Å². The molecule has 9 aromatic rings. The monoisotopic (exact) mass is 739 g/mol. The van der Waals surface area contributed by atoms with Gasteiger partial charge in [-0.15, -0.1) is 124 Å². The average Bonchev–Trinajstić information content (AvgIpc) is 3.85. The van der Waals surface area contributed by atoms with E-state index in [-0.39, 0.29) is 51.0 Å². The second-order valence-electron chi connectivity index (χ2n) is 10.5. The second kappa shape index (κ2) is 19.7. The van der Waals surface area contributed by atoms with E-state index in [1.54, 1.807) is 0 Å². The van der Waals surface area contributed by atoms with Gasteiger partial charge in [-0.25, -0.2) is 0 Å². The summed E-state index contributed by atoms with van der Waals surface area (Å²) in [6.07, 6.45) is 0. The van der Waals surface area contributed by atoms with Crippen LogP contribution in [0.25, 0.3) is 43.1 Å². The van der Waals surface area contributed by atoms with Gasteiger partial charge in [0.25, 0.3) is 0 Å². The molecule has 0 unspecified atom stereocenters. The Labute approximate surface area is 312 Å². The molecule has 9 aromatic carbocycles. The van der Waals surface area contributed by atoms with Crippen LogP contribution >= 0.6 is 24.8 Å². The third kappa shape index (κ3) is 10.5. The maximum atomic E-state index is 2.24. The topological polar surface area (TPSA) is 0 Å². The summed E-state index contributed by atoms with van der Waals surface area (Å²) in [5.74, 6) is 0. The number of halogens is 2. The molecule has 0 fully saturated rings. The van der Waals surface area contributed by atoms with Crippen molar-refractivity contribution in [1.29, 1.82) is 0 Å². The Hall–Kier alpha value is -3.91. The molecule has 3 radical (unpaired) electrons. The van der Waals surface area contributed by atoms with E-state index in [1.807, 2.05) is 0 Å². The first-order chi connectivity index (χ1) is 21.8. The Balaban J connectivity index is 0.000000169. The minimum atomic E-state index is 0. The Morgan fingerprint density at radius 1 is 0.340 bits per heavy atom. The first-order valence-electron chi connectivity index (χ1n) is 14.9. The Kier molecular flexibility index (Phi) is 15.7. The van der Waals surface area contributed by atoms with Crippen LogP contribution in [-0.2, 0) is 26.2 Å². The summed E-state index contributed by atoms with van der Waals surface area (Å²) >= 11 is 0. The Morgan fingerprint density at radius 3 is 1.09 bits per heavy atom. The number of benzene rings is 6. The largest absolute Gasteiger partial charge is 3.00 e. The summed E-state index contributed by atoms with van der Waals surface area (Å²) in [6, 6.07) is 69.8. The first kappa shape index (κ1) is 37.5. The number of hydrogen-bond donors (Lipinski definition) is 0. The van der Waals surface area contributed by atoms with E-state index in [9.17, 15) is 0 Å². The maximum absolute atomic E-state index is 2.24. The van der Waals surface area contributed by atoms with Crippen molar-refractivity contribution in [2.45, 2.75) is 0 Å². The van der Waals surface area contributed by atoms with Gasteiger partial charge >= 0.3 is 26.2 Å². The molecule has 0 aliphatic carbocycles. The molecule has 9 rings (SSSR count). The van der Waals surface area contributed by atoms with Gasteiger partial charge < -0.3 is 0 Å². The van der Waals surface area contributed by atoms with Crippen LogP contribution in [0.5, 0.6) is 0 Å². The van der Waals surface area contributed by atoms with Crippen molar-refractivity contribution >= 4 is 87.8 Å². The van der Waals surface area contributed by atoms with Crippen LogP contribution in [0.2, 0.25) is 0 Å². The fourth-order valence-corrected chi connectivity index (χ4v) is 6.30. The van der Waals surface area contributed by atoms with Gasteiger partial charge in [-0.05, 0) is 0 Å². The minimum Gasteiger partial charge on any atom is -0.168 e. The summed E-state index contributed by atoms with van der Waals surface area (Å²) in [6.45, 7) is 0. The summed E-state index contributed by atoms with van der Waals surface area (Å²) in [5, 5.41) is 13.5. The fourth-order valence-electron chi connectivity index (χ4n) is 5.25. The van der Waals surface area contributed by atoms with Crippen LogP contribution in [0.4, 0.5) is 0 Å². The predicted octanol–water partition coefficient (Wildman–Crippen LogP) is 11.0. The normalized spacial score (nSPS) is 9.70. The van der Waals surface area contributed by atoms with E-state index in [0.717, 1.165) is 9.52 Å². The SMILES string of the molecule is Cl.Cl.[Zr+3].c1ccc([Si]c2ccccc2)cc1.c1ccc2[cH-]ccc2c1.c1ccc2[cH-]ccc2c1.c1ccc2c(c1)[cH-]c1ccccc12. The molecular formula is C43H35Cl2SiZr. The molecule has 0 atom stereocenters. The van der Waals surface area contributed by atoms with Crippen LogP contribution in [0.15, 0.2) is 200 Å². The summed E-state index contributed by atoms with van der Waals surface area (Å²) < 4.78 is 0. The molecule has 0 aromatic heterocycles. The predicted molar refractivity (Wildman–Crippen MR) is 209 cm³/mol. The number of fused-ring (bicyclic) bond motifs is 5. The summed E-state index contributed by atoms with van der Waals surface area (Å²) in [7, 11) is 0.777. The third-order valence-corrected chi connectivity index (χ3v) is 8.70. The summed E-state index contributed by atoms with van der Waals surface area (Å²) in [4.78, 5) is 0. The molecule has 0 saturated carbocycles. The fraction of sp³-hybridized carbons (Fsp3) is 0. The Morgan fingerprint density at radius 2 is 0.681 bits per heavy atom. The molecule has 0 heterocycles. The van der Waals surface area contributed by atoms with Gasteiger partial charge in [0, 0.05) is 0 Å².